The molecule has 3 N–H and O–H groups in total. The molecule has 0 aliphatic carbocycles. The summed E-state index contributed by atoms with van der Waals surface area (Å²) in [6.45, 7) is 0. The van der Waals surface area contributed by atoms with Crippen molar-refractivity contribution < 1.29 is 0 Å². The highest BCUT2D eigenvalue weighted by Crippen LogP contribution is 2.43. The fourth-order valence-corrected chi connectivity index (χ4v) is 3.59. The summed E-state index contributed by atoms with van der Waals surface area (Å²) >= 11 is 12.6. The average Bonchev–Trinajstić information content (AvgIpc) is 2.57. The Balaban J connectivity index is 2.50. The van der Waals surface area contributed by atoms with Crippen LogP contribution in [0.3, 0.4) is 0 Å². The topological polar surface area (TPSA) is 106 Å². The van der Waals surface area contributed by atoms with Crippen molar-refractivity contribution >= 4 is 29.0 Å². The van der Waals surface area contributed by atoms with Gasteiger partial charge in [-0.1, -0.05) is 29.3 Å². The van der Waals surface area contributed by atoms with Crippen LogP contribution < -0.4 is 22.3 Å². The van der Waals surface area contributed by atoms with Crippen molar-refractivity contribution in [3.05, 3.63) is 71.6 Å². The summed E-state index contributed by atoms with van der Waals surface area (Å²) in [5.41, 5.74) is 5.59. The molecule has 128 valence electrons. The van der Waals surface area contributed by atoms with Gasteiger partial charge in [0.15, 0.2) is 0 Å². The highest BCUT2D eigenvalue weighted by atomic mass is 35.5. The van der Waals surface area contributed by atoms with Crippen LogP contribution in [0, 0.1) is 11.3 Å². The zero-order valence-corrected chi connectivity index (χ0v) is 14.8. The maximum Gasteiger partial charge on any atom is 0.332 e. The Bertz CT molecular complexity index is 1070. The van der Waals surface area contributed by atoms with Gasteiger partial charge in [-0.2, -0.15) is 5.26 Å². The molecule has 25 heavy (non-hydrogen) atoms. The third-order valence-corrected chi connectivity index (χ3v) is 4.89. The molecule has 1 aromatic heterocycles. The Kier molecular flexibility index (Phi) is 4.11. The Hall–Kier alpha value is -2.69. The Morgan fingerprint density at radius 1 is 1.16 bits per heavy atom. The van der Waals surface area contributed by atoms with Gasteiger partial charge in [0.05, 0.1) is 23.1 Å². The molecule has 0 radical (unpaired) electrons. The molecule has 1 unspecified atom stereocenters. The lowest BCUT2D eigenvalue weighted by Crippen LogP contribution is -2.43. The lowest BCUT2D eigenvalue weighted by Gasteiger charge is -2.29. The van der Waals surface area contributed by atoms with Gasteiger partial charge in [0.25, 0.3) is 5.56 Å². The van der Waals surface area contributed by atoms with E-state index < -0.39 is 17.2 Å². The molecule has 1 aliphatic rings. The first-order chi connectivity index (χ1) is 11.8. The second-order valence-corrected chi connectivity index (χ2v) is 6.41. The van der Waals surface area contributed by atoms with Gasteiger partial charge in [0, 0.05) is 29.7 Å². The van der Waals surface area contributed by atoms with Crippen LogP contribution in [0.15, 0.2) is 39.2 Å². The van der Waals surface area contributed by atoms with E-state index in [1.165, 1.54) is 18.7 Å². The number of nitriles is 1. The van der Waals surface area contributed by atoms with Gasteiger partial charge in [0.1, 0.15) is 11.6 Å². The number of nitrogens with two attached hydrogens (primary N) is 1. The minimum absolute atomic E-state index is 0.0410. The van der Waals surface area contributed by atoms with Crippen LogP contribution in [0.4, 0.5) is 5.82 Å². The number of nitrogens with zero attached hydrogens (tertiary/aromatic N) is 3. The van der Waals surface area contributed by atoms with Crippen LogP contribution in [-0.2, 0) is 14.1 Å². The number of hydrogen-bond donors (Lipinski definition) is 2. The Morgan fingerprint density at radius 3 is 2.32 bits per heavy atom. The normalized spacial score (nSPS) is 16.2. The molecule has 1 atom stereocenters. The van der Waals surface area contributed by atoms with Crippen LogP contribution >= 0.6 is 23.2 Å². The van der Waals surface area contributed by atoms with Crippen molar-refractivity contribution in [1.82, 2.24) is 9.13 Å². The molecular weight excluding hydrogens is 365 g/mol. The average molecular weight is 378 g/mol. The van der Waals surface area contributed by atoms with E-state index in [2.05, 4.69) is 5.32 Å². The van der Waals surface area contributed by atoms with Gasteiger partial charge in [-0.25, -0.2) is 4.79 Å². The predicted molar refractivity (Wildman–Crippen MR) is 95.7 cm³/mol. The first kappa shape index (κ1) is 17.1. The van der Waals surface area contributed by atoms with Crippen LogP contribution in [0.1, 0.15) is 17.0 Å². The van der Waals surface area contributed by atoms with E-state index in [1.807, 2.05) is 6.07 Å². The van der Waals surface area contributed by atoms with Gasteiger partial charge in [-0.15, -0.1) is 0 Å². The lowest BCUT2D eigenvalue weighted by molar-refractivity contribution is 0.664. The summed E-state index contributed by atoms with van der Waals surface area (Å²) in [7, 11) is 2.87. The largest absolute Gasteiger partial charge is 0.384 e. The molecule has 2 heterocycles. The zero-order chi connectivity index (χ0) is 18.5. The smallest absolute Gasteiger partial charge is 0.332 e. The van der Waals surface area contributed by atoms with Crippen molar-refractivity contribution in [3.8, 4) is 6.07 Å². The van der Waals surface area contributed by atoms with Crippen molar-refractivity contribution in [2.45, 2.75) is 5.92 Å². The molecule has 0 bridgehead atoms. The molecule has 7 nitrogen and oxygen atoms in total. The third kappa shape index (κ3) is 2.42. The predicted octanol–water partition coefficient (Wildman–Crippen LogP) is 1.64. The summed E-state index contributed by atoms with van der Waals surface area (Å²) in [6, 6.07) is 6.90. The summed E-state index contributed by atoms with van der Waals surface area (Å²) in [4.78, 5) is 25.0. The first-order valence-corrected chi connectivity index (χ1v) is 7.95. The molecule has 1 aromatic carbocycles. The van der Waals surface area contributed by atoms with E-state index in [0.717, 1.165) is 4.57 Å². The number of allylic oxidation sites excluding steroid dienone is 1. The van der Waals surface area contributed by atoms with Crippen molar-refractivity contribution in [1.29, 1.82) is 5.26 Å². The van der Waals surface area contributed by atoms with E-state index in [-0.39, 0.29) is 22.8 Å². The minimum atomic E-state index is -0.882. The van der Waals surface area contributed by atoms with Crippen LogP contribution in [-0.4, -0.2) is 9.13 Å². The zero-order valence-electron chi connectivity index (χ0n) is 13.3. The Labute approximate surface area is 152 Å². The molecule has 3 rings (SSSR count). The van der Waals surface area contributed by atoms with Gasteiger partial charge < -0.3 is 11.1 Å². The first-order valence-electron chi connectivity index (χ1n) is 7.20. The number of anilines is 1. The maximum absolute atomic E-state index is 12.8. The molecule has 9 heteroatoms. The SMILES string of the molecule is Cn1c2c(c(=O)n(C)c1=O)C(c1c(Cl)cccc1Cl)C(C#N)=C(N)N2. The molecule has 0 saturated carbocycles. The number of halogens is 2. The number of rotatable bonds is 1. The van der Waals surface area contributed by atoms with E-state index in [1.54, 1.807) is 18.2 Å². The number of benzene rings is 1. The van der Waals surface area contributed by atoms with E-state index in [4.69, 9.17) is 28.9 Å². The van der Waals surface area contributed by atoms with E-state index in [9.17, 15) is 14.9 Å². The van der Waals surface area contributed by atoms with Gasteiger partial charge in [0.2, 0.25) is 0 Å². The second kappa shape index (κ2) is 5.99. The highest BCUT2D eigenvalue weighted by Gasteiger charge is 2.36. The number of fused-ring (bicyclic) bond motifs is 1. The van der Waals surface area contributed by atoms with E-state index in [0.29, 0.717) is 15.6 Å². The van der Waals surface area contributed by atoms with E-state index >= 15 is 0 Å². The molecule has 2 aromatic rings. The van der Waals surface area contributed by atoms with Crippen molar-refractivity contribution in [2.24, 2.45) is 19.8 Å². The summed E-state index contributed by atoms with van der Waals surface area (Å²) in [5, 5.41) is 13.0. The fraction of sp³-hybridized carbons (Fsp3) is 0.188. The van der Waals surface area contributed by atoms with Crippen molar-refractivity contribution in [2.75, 3.05) is 5.32 Å². The maximum atomic E-state index is 12.8. The summed E-state index contributed by atoms with van der Waals surface area (Å²) in [6.07, 6.45) is 0. The molecule has 0 spiro atoms. The monoisotopic (exact) mass is 377 g/mol. The fourth-order valence-electron chi connectivity index (χ4n) is 2.98. The van der Waals surface area contributed by atoms with Crippen LogP contribution in [0.25, 0.3) is 0 Å². The number of nitrogens with one attached hydrogen (secondary N) is 1. The summed E-state index contributed by atoms with van der Waals surface area (Å²) in [5.74, 6) is -0.627. The molecule has 0 fully saturated rings. The highest BCUT2D eigenvalue weighted by molar-refractivity contribution is 6.36. The van der Waals surface area contributed by atoms with Crippen LogP contribution in [0.5, 0.6) is 0 Å². The minimum Gasteiger partial charge on any atom is -0.384 e. The van der Waals surface area contributed by atoms with Crippen LogP contribution in [0.2, 0.25) is 10.0 Å². The standard InChI is InChI=1S/C16H13Cl2N5O2/c1-22-14-12(15(24)23(2)16(22)25)10(7(6-19)13(20)21-14)11-8(17)4-3-5-9(11)18/h3-5,10,21H,20H2,1-2H3. The van der Waals surface area contributed by atoms with Gasteiger partial charge >= 0.3 is 5.69 Å². The van der Waals surface area contributed by atoms with Gasteiger partial charge in [-0.05, 0) is 12.1 Å². The number of aromatic nitrogens is 2. The molecule has 1 aliphatic heterocycles. The molecule has 0 saturated heterocycles. The van der Waals surface area contributed by atoms with Crippen molar-refractivity contribution in [3.63, 3.8) is 0 Å². The molecular formula is C16H13Cl2N5O2. The molecule has 0 amide bonds. The quantitative estimate of drug-likeness (QED) is 0.785. The summed E-state index contributed by atoms with van der Waals surface area (Å²) < 4.78 is 2.23. The third-order valence-electron chi connectivity index (χ3n) is 4.23. The van der Waals surface area contributed by atoms with Gasteiger partial charge in [-0.3, -0.25) is 13.9 Å². The second-order valence-electron chi connectivity index (χ2n) is 5.60. The Morgan fingerprint density at radius 2 is 1.76 bits per heavy atom. The lowest BCUT2D eigenvalue weighted by atomic mass is 9.83. The number of hydrogen-bond acceptors (Lipinski definition) is 5.